The molecular weight excluding hydrogens is 260 g/mol. The van der Waals surface area contributed by atoms with E-state index in [1.54, 1.807) is 6.92 Å². The summed E-state index contributed by atoms with van der Waals surface area (Å²) < 4.78 is 32.5. The van der Waals surface area contributed by atoms with Crippen molar-refractivity contribution in [3.63, 3.8) is 0 Å². The maximum atomic E-state index is 11.5. The van der Waals surface area contributed by atoms with Crippen LogP contribution >= 0.6 is 0 Å². The maximum absolute atomic E-state index is 11.5. The Hall–Kier alpha value is -1.13. The van der Waals surface area contributed by atoms with Crippen molar-refractivity contribution in [2.24, 2.45) is 0 Å². The second-order valence-corrected chi connectivity index (χ2v) is 6.51. The van der Waals surface area contributed by atoms with E-state index >= 15 is 0 Å². The Morgan fingerprint density at radius 1 is 1.32 bits per heavy atom. The highest BCUT2D eigenvalue weighted by molar-refractivity contribution is 7.86. The zero-order valence-electron chi connectivity index (χ0n) is 11.7. The quantitative estimate of drug-likeness (QED) is 0.638. The van der Waals surface area contributed by atoms with Crippen molar-refractivity contribution < 1.29 is 13.0 Å². The Morgan fingerprint density at radius 2 is 1.89 bits per heavy atom. The van der Waals surface area contributed by atoms with Gasteiger partial charge < -0.3 is 0 Å². The summed E-state index contributed by atoms with van der Waals surface area (Å²) in [7, 11) is -4.06. The Morgan fingerprint density at radius 3 is 2.37 bits per heavy atom. The van der Waals surface area contributed by atoms with Gasteiger partial charge in [0.15, 0.2) is 0 Å². The van der Waals surface area contributed by atoms with Crippen LogP contribution in [-0.2, 0) is 10.1 Å². The molecule has 2 atom stereocenters. The molecule has 0 fully saturated rings. The lowest BCUT2D eigenvalue weighted by atomic mass is 9.94. The van der Waals surface area contributed by atoms with Gasteiger partial charge in [-0.3, -0.25) is 4.55 Å². The molecule has 0 spiro atoms. The Balaban J connectivity index is 2.94. The van der Waals surface area contributed by atoms with Gasteiger partial charge in [0.2, 0.25) is 0 Å². The van der Waals surface area contributed by atoms with E-state index in [1.807, 2.05) is 50.3 Å². The van der Waals surface area contributed by atoms with Crippen LogP contribution in [0, 0.1) is 0 Å². The highest BCUT2D eigenvalue weighted by atomic mass is 32.2. The van der Waals surface area contributed by atoms with Gasteiger partial charge >= 0.3 is 0 Å². The molecule has 0 bridgehead atoms. The summed E-state index contributed by atoms with van der Waals surface area (Å²) in [6.07, 6.45) is 3.01. The van der Waals surface area contributed by atoms with E-state index in [-0.39, 0.29) is 5.92 Å². The maximum Gasteiger partial charge on any atom is 0.271 e. The standard InChI is InChI=1S/C15H22O3S/c1-4-8-12(2)15(19(16,17)18)11-13(3)14-9-6-5-7-10-14/h5-10,13,15H,4,11H2,1-3H3,(H,16,17,18)/b12-8+. The average molecular weight is 282 g/mol. The van der Waals surface area contributed by atoms with E-state index in [4.69, 9.17) is 0 Å². The molecule has 106 valence electrons. The van der Waals surface area contributed by atoms with Crippen molar-refractivity contribution in [3.8, 4) is 0 Å². The smallest absolute Gasteiger partial charge is 0.271 e. The molecule has 4 heteroatoms. The number of hydrogen-bond donors (Lipinski definition) is 1. The van der Waals surface area contributed by atoms with Crippen LogP contribution in [0.25, 0.3) is 0 Å². The van der Waals surface area contributed by atoms with Crippen LogP contribution in [0.2, 0.25) is 0 Å². The van der Waals surface area contributed by atoms with Gasteiger partial charge in [-0.1, -0.05) is 55.8 Å². The predicted octanol–water partition coefficient (Wildman–Crippen LogP) is 3.79. The first kappa shape index (κ1) is 15.9. The third-order valence-electron chi connectivity index (χ3n) is 3.33. The molecule has 0 aromatic heterocycles. The highest BCUT2D eigenvalue weighted by Crippen LogP contribution is 2.26. The minimum absolute atomic E-state index is 0.0772. The van der Waals surface area contributed by atoms with Crippen LogP contribution in [0.15, 0.2) is 42.0 Å². The van der Waals surface area contributed by atoms with Gasteiger partial charge in [0.25, 0.3) is 10.1 Å². The Bertz CT molecular complexity index is 518. The van der Waals surface area contributed by atoms with Crippen molar-refractivity contribution in [3.05, 3.63) is 47.5 Å². The molecule has 1 aromatic rings. The van der Waals surface area contributed by atoms with E-state index in [2.05, 4.69) is 0 Å². The second-order valence-electron chi connectivity index (χ2n) is 4.91. The van der Waals surface area contributed by atoms with Crippen LogP contribution in [0.3, 0.4) is 0 Å². The third-order valence-corrected chi connectivity index (χ3v) is 4.61. The lowest BCUT2D eigenvalue weighted by molar-refractivity contribution is 0.464. The van der Waals surface area contributed by atoms with Gasteiger partial charge in [-0.05, 0) is 31.2 Å². The number of rotatable bonds is 6. The molecule has 0 aliphatic heterocycles. The largest absolute Gasteiger partial charge is 0.285 e. The van der Waals surface area contributed by atoms with Crippen molar-refractivity contribution in [2.75, 3.05) is 0 Å². The lowest BCUT2D eigenvalue weighted by Crippen LogP contribution is -2.24. The molecule has 0 saturated carbocycles. The molecule has 0 aliphatic rings. The van der Waals surface area contributed by atoms with E-state index in [9.17, 15) is 13.0 Å². The monoisotopic (exact) mass is 282 g/mol. The van der Waals surface area contributed by atoms with Crippen molar-refractivity contribution in [2.45, 2.75) is 44.8 Å². The number of allylic oxidation sites excluding steroid dienone is 1. The first-order valence-corrected chi connectivity index (χ1v) is 8.04. The van der Waals surface area contributed by atoms with Crippen molar-refractivity contribution >= 4 is 10.1 Å². The summed E-state index contributed by atoms with van der Waals surface area (Å²) >= 11 is 0. The summed E-state index contributed by atoms with van der Waals surface area (Å²) in [5.41, 5.74) is 1.80. The molecule has 19 heavy (non-hydrogen) atoms. The van der Waals surface area contributed by atoms with Gasteiger partial charge in [0, 0.05) is 0 Å². The summed E-state index contributed by atoms with van der Waals surface area (Å²) in [5.74, 6) is 0.0772. The predicted molar refractivity (Wildman–Crippen MR) is 78.9 cm³/mol. The van der Waals surface area contributed by atoms with Crippen LogP contribution in [-0.4, -0.2) is 18.2 Å². The second kappa shape index (κ2) is 6.87. The summed E-state index contributed by atoms with van der Waals surface area (Å²) in [5, 5.41) is -0.817. The first-order chi connectivity index (χ1) is 8.86. The van der Waals surface area contributed by atoms with Gasteiger partial charge in [-0.2, -0.15) is 8.42 Å². The fourth-order valence-corrected chi connectivity index (χ4v) is 3.33. The summed E-state index contributed by atoms with van der Waals surface area (Å²) in [6, 6.07) is 9.75. The molecule has 1 aromatic carbocycles. The molecular formula is C15H22O3S. The molecule has 2 unspecified atom stereocenters. The van der Waals surface area contributed by atoms with Crippen molar-refractivity contribution in [1.82, 2.24) is 0 Å². The van der Waals surface area contributed by atoms with Gasteiger partial charge in [-0.15, -0.1) is 0 Å². The van der Waals surface area contributed by atoms with Gasteiger partial charge in [0.05, 0.1) is 0 Å². The van der Waals surface area contributed by atoms with E-state index in [0.717, 1.165) is 12.0 Å². The van der Waals surface area contributed by atoms with Crippen LogP contribution in [0.1, 0.15) is 45.1 Å². The van der Waals surface area contributed by atoms with Crippen molar-refractivity contribution in [1.29, 1.82) is 0 Å². The summed E-state index contributed by atoms with van der Waals surface area (Å²) in [4.78, 5) is 0. The summed E-state index contributed by atoms with van der Waals surface area (Å²) in [6.45, 7) is 5.69. The Labute approximate surface area is 116 Å². The van der Waals surface area contributed by atoms with E-state index < -0.39 is 15.4 Å². The minimum atomic E-state index is -4.06. The average Bonchev–Trinajstić information content (AvgIpc) is 2.35. The fraction of sp³-hybridized carbons (Fsp3) is 0.467. The SMILES string of the molecule is CC/C=C(\C)C(CC(C)c1ccccc1)S(=O)(=O)O. The highest BCUT2D eigenvalue weighted by Gasteiger charge is 2.27. The zero-order chi connectivity index (χ0) is 14.5. The normalized spacial score (nSPS) is 16.1. The van der Waals surface area contributed by atoms with Crippen LogP contribution < -0.4 is 0 Å². The van der Waals surface area contributed by atoms with Gasteiger partial charge in [-0.25, -0.2) is 0 Å². The van der Waals surface area contributed by atoms with Crippen LogP contribution in [0.4, 0.5) is 0 Å². The van der Waals surface area contributed by atoms with Crippen LogP contribution in [0.5, 0.6) is 0 Å². The molecule has 1 rings (SSSR count). The zero-order valence-corrected chi connectivity index (χ0v) is 12.5. The molecule has 0 heterocycles. The third kappa shape index (κ3) is 4.80. The molecule has 0 radical (unpaired) electrons. The first-order valence-electron chi connectivity index (χ1n) is 6.54. The fourth-order valence-electron chi connectivity index (χ4n) is 2.23. The minimum Gasteiger partial charge on any atom is -0.285 e. The number of hydrogen-bond acceptors (Lipinski definition) is 2. The molecule has 0 aliphatic carbocycles. The Kier molecular flexibility index (Phi) is 5.76. The van der Waals surface area contributed by atoms with E-state index in [1.165, 1.54) is 0 Å². The lowest BCUT2D eigenvalue weighted by Gasteiger charge is -2.20. The number of benzene rings is 1. The molecule has 1 N–H and O–H groups in total. The van der Waals surface area contributed by atoms with E-state index in [0.29, 0.717) is 12.0 Å². The van der Waals surface area contributed by atoms with Gasteiger partial charge in [0.1, 0.15) is 5.25 Å². The molecule has 3 nitrogen and oxygen atoms in total. The molecule has 0 amide bonds. The topological polar surface area (TPSA) is 54.4 Å². The molecule has 0 saturated heterocycles.